The van der Waals surface area contributed by atoms with Crippen LogP contribution in [0.3, 0.4) is 0 Å². The normalized spacial score (nSPS) is 14.7. The Morgan fingerprint density at radius 3 is 2.59 bits per heavy atom. The Morgan fingerprint density at radius 1 is 1.07 bits per heavy atom. The van der Waals surface area contributed by atoms with Crippen LogP contribution in [-0.4, -0.2) is 47.3 Å². The van der Waals surface area contributed by atoms with Gasteiger partial charge in [0.1, 0.15) is 0 Å². The summed E-state index contributed by atoms with van der Waals surface area (Å²) in [6, 6.07) is 12.3. The molecule has 0 radical (unpaired) electrons. The lowest BCUT2D eigenvalue weighted by Gasteiger charge is -2.34. The number of halogens is 2. The quantitative estimate of drug-likeness (QED) is 0.481. The van der Waals surface area contributed by atoms with Gasteiger partial charge in [0.25, 0.3) is 0 Å². The van der Waals surface area contributed by atoms with Crippen LogP contribution in [0, 0.1) is 0 Å². The molecule has 7 heteroatoms. The SMILES string of the molecule is O=CN1CCN(c2ccc3cnn(Cc4ccc(CCl)cc4Cl)c3c2)CC1. The molecule has 1 fully saturated rings. The predicted octanol–water partition coefficient (Wildman–Crippen LogP) is 3.76. The molecule has 0 spiro atoms. The number of nitrogens with zero attached hydrogens (tertiary/aromatic N) is 4. The Labute approximate surface area is 168 Å². The molecule has 1 aromatic heterocycles. The third-order valence-corrected chi connectivity index (χ3v) is 5.71. The highest BCUT2D eigenvalue weighted by molar-refractivity contribution is 6.31. The largest absolute Gasteiger partial charge is 0.368 e. The topological polar surface area (TPSA) is 41.4 Å². The zero-order valence-electron chi connectivity index (χ0n) is 14.8. The molecule has 0 saturated carbocycles. The Balaban J connectivity index is 1.60. The van der Waals surface area contributed by atoms with Gasteiger partial charge in [0.2, 0.25) is 6.41 Å². The van der Waals surface area contributed by atoms with Crippen LogP contribution in [0.15, 0.2) is 42.6 Å². The highest BCUT2D eigenvalue weighted by Gasteiger charge is 2.17. The minimum Gasteiger partial charge on any atom is -0.368 e. The third-order valence-electron chi connectivity index (χ3n) is 5.05. The van der Waals surface area contributed by atoms with Gasteiger partial charge in [-0.25, -0.2) is 0 Å². The number of amides is 1. The number of alkyl halides is 1. The van der Waals surface area contributed by atoms with Crippen LogP contribution in [0.1, 0.15) is 11.1 Å². The second-order valence-corrected chi connectivity index (χ2v) is 7.41. The van der Waals surface area contributed by atoms with Gasteiger partial charge in [0.05, 0.1) is 18.3 Å². The fourth-order valence-electron chi connectivity index (χ4n) is 3.43. The summed E-state index contributed by atoms with van der Waals surface area (Å²) in [4.78, 5) is 15.0. The number of carbonyl (C=O) groups excluding carboxylic acids is 1. The van der Waals surface area contributed by atoms with Crippen molar-refractivity contribution < 1.29 is 4.79 Å². The smallest absolute Gasteiger partial charge is 0.209 e. The van der Waals surface area contributed by atoms with Crippen molar-refractivity contribution in [2.24, 2.45) is 0 Å². The van der Waals surface area contributed by atoms with Gasteiger partial charge < -0.3 is 9.80 Å². The molecule has 0 N–H and O–H groups in total. The molecular weight excluding hydrogens is 383 g/mol. The number of hydrogen-bond donors (Lipinski definition) is 0. The molecule has 1 aliphatic heterocycles. The first kappa shape index (κ1) is 18.1. The fraction of sp³-hybridized carbons (Fsp3) is 0.300. The molecule has 2 aromatic carbocycles. The maximum atomic E-state index is 10.9. The first-order chi connectivity index (χ1) is 13.2. The molecule has 5 nitrogen and oxygen atoms in total. The number of aromatic nitrogens is 2. The van der Waals surface area contributed by atoms with E-state index in [0.29, 0.717) is 17.4 Å². The van der Waals surface area contributed by atoms with Crippen molar-refractivity contribution in [2.75, 3.05) is 31.1 Å². The number of fused-ring (bicyclic) bond motifs is 1. The van der Waals surface area contributed by atoms with Crippen molar-refractivity contribution in [2.45, 2.75) is 12.4 Å². The van der Waals surface area contributed by atoms with Crippen molar-refractivity contribution >= 4 is 46.2 Å². The van der Waals surface area contributed by atoms with E-state index in [-0.39, 0.29) is 0 Å². The van der Waals surface area contributed by atoms with E-state index in [2.05, 4.69) is 28.2 Å². The molecule has 3 aromatic rings. The fourth-order valence-corrected chi connectivity index (χ4v) is 3.86. The molecule has 0 bridgehead atoms. The summed E-state index contributed by atoms with van der Waals surface area (Å²) in [6.07, 6.45) is 2.80. The van der Waals surface area contributed by atoms with Crippen molar-refractivity contribution in [1.29, 1.82) is 0 Å². The molecule has 0 unspecified atom stereocenters. The zero-order valence-corrected chi connectivity index (χ0v) is 16.3. The summed E-state index contributed by atoms with van der Waals surface area (Å²) in [7, 11) is 0. The van der Waals surface area contributed by atoms with E-state index in [0.717, 1.165) is 60.3 Å². The number of piperazine rings is 1. The first-order valence-corrected chi connectivity index (χ1v) is 9.82. The standard InChI is InChI=1S/C20H20Cl2N4O/c21-11-15-1-2-17(19(22)9-15)13-26-20-10-18(4-3-16(20)12-23-26)25-7-5-24(14-27)6-8-25/h1-4,9-10,12,14H,5-8,11,13H2. The van der Waals surface area contributed by atoms with E-state index < -0.39 is 0 Å². The second-order valence-electron chi connectivity index (χ2n) is 6.73. The van der Waals surface area contributed by atoms with Gasteiger partial charge in [-0.15, -0.1) is 11.6 Å². The molecule has 2 heterocycles. The van der Waals surface area contributed by atoms with Crippen molar-refractivity contribution in [3.05, 3.63) is 58.7 Å². The number of rotatable bonds is 5. The second kappa shape index (κ2) is 7.79. The van der Waals surface area contributed by atoms with Gasteiger partial charge in [0, 0.05) is 48.2 Å². The van der Waals surface area contributed by atoms with E-state index in [1.165, 1.54) is 0 Å². The van der Waals surface area contributed by atoms with Crippen molar-refractivity contribution in [3.63, 3.8) is 0 Å². The third kappa shape index (κ3) is 3.75. The minimum atomic E-state index is 0.450. The van der Waals surface area contributed by atoms with Gasteiger partial charge in [-0.1, -0.05) is 23.7 Å². The number of benzene rings is 2. The Hall–Kier alpha value is -2.24. The lowest BCUT2D eigenvalue weighted by molar-refractivity contribution is -0.118. The molecular formula is C20H20Cl2N4O. The van der Waals surface area contributed by atoms with Crippen LogP contribution >= 0.6 is 23.2 Å². The molecule has 4 rings (SSSR count). The Morgan fingerprint density at radius 2 is 1.89 bits per heavy atom. The average molecular weight is 403 g/mol. The van der Waals surface area contributed by atoms with Gasteiger partial charge in [-0.2, -0.15) is 5.10 Å². The van der Waals surface area contributed by atoms with Crippen LogP contribution < -0.4 is 4.90 Å². The van der Waals surface area contributed by atoms with Crippen LogP contribution in [0.5, 0.6) is 0 Å². The number of carbonyl (C=O) groups is 1. The molecule has 1 saturated heterocycles. The van der Waals surface area contributed by atoms with Gasteiger partial charge in [-0.05, 0) is 35.4 Å². The molecule has 1 amide bonds. The van der Waals surface area contributed by atoms with E-state index in [1.807, 2.05) is 34.0 Å². The summed E-state index contributed by atoms with van der Waals surface area (Å²) in [5.74, 6) is 0.450. The zero-order chi connectivity index (χ0) is 18.8. The summed E-state index contributed by atoms with van der Waals surface area (Å²) in [5.41, 5.74) is 4.24. The molecule has 27 heavy (non-hydrogen) atoms. The van der Waals surface area contributed by atoms with Gasteiger partial charge >= 0.3 is 0 Å². The summed E-state index contributed by atoms with van der Waals surface area (Å²) >= 11 is 12.3. The lowest BCUT2D eigenvalue weighted by atomic mass is 10.1. The number of anilines is 1. The van der Waals surface area contributed by atoms with Gasteiger partial charge in [0.15, 0.2) is 0 Å². The van der Waals surface area contributed by atoms with Crippen molar-refractivity contribution in [1.82, 2.24) is 14.7 Å². The Kier molecular flexibility index (Phi) is 5.23. The summed E-state index contributed by atoms with van der Waals surface area (Å²) < 4.78 is 1.97. The van der Waals surface area contributed by atoms with Crippen LogP contribution in [0.2, 0.25) is 5.02 Å². The van der Waals surface area contributed by atoms with Crippen LogP contribution in [0.25, 0.3) is 10.9 Å². The highest BCUT2D eigenvalue weighted by atomic mass is 35.5. The van der Waals surface area contributed by atoms with E-state index in [4.69, 9.17) is 23.2 Å². The molecule has 140 valence electrons. The average Bonchev–Trinajstić information content (AvgIpc) is 3.11. The van der Waals surface area contributed by atoms with E-state index in [9.17, 15) is 4.79 Å². The van der Waals surface area contributed by atoms with E-state index in [1.54, 1.807) is 0 Å². The summed E-state index contributed by atoms with van der Waals surface area (Å²) in [5, 5.41) is 6.35. The van der Waals surface area contributed by atoms with Crippen molar-refractivity contribution in [3.8, 4) is 0 Å². The molecule has 0 aliphatic carbocycles. The highest BCUT2D eigenvalue weighted by Crippen LogP contribution is 2.25. The molecule has 1 aliphatic rings. The molecule has 0 atom stereocenters. The van der Waals surface area contributed by atoms with Gasteiger partial charge in [-0.3, -0.25) is 9.48 Å². The number of hydrogen-bond acceptors (Lipinski definition) is 3. The predicted molar refractivity (Wildman–Crippen MR) is 110 cm³/mol. The Bertz CT molecular complexity index is 964. The first-order valence-electron chi connectivity index (χ1n) is 8.91. The maximum absolute atomic E-state index is 10.9. The minimum absolute atomic E-state index is 0.450. The monoisotopic (exact) mass is 402 g/mol. The maximum Gasteiger partial charge on any atom is 0.209 e. The summed E-state index contributed by atoms with van der Waals surface area (Å²) in [6.45, 7) is 3.79. The van der Waals surface area contributed by atoms with Crippen LogP contribution in [-0.2, 0) is 17.2 Å². The van der Waals surface area contributed by atoms with E-state index >= 15 is 0 Å². The van der Waals surface area contributed by atoms with Crippen LogP contribution in [0.4, 0.5) is 5.69 Å². The lowest BCUT2D eigenvalue weighted by Crippen LogP contribution is -2.45.